The maximum absolute atomic E-state index is 11.6. The Morgan fingerprint density at radius 3 is 2.56 bits per heavy atom. The molecule has 0 aromatic heterocycles. The average molecular weight is 395 g/mol. The van der Waals surface area contributed by atoms with Crippen LogP contribution < -0.4 is 4.90 Å². The molecule has 2 aliphatic heterocycles. The third-order valence-electron chi connectivity index (χ3n) is 6.72. The quantitative estimate of drug-likeness (QED) is 0.854. The molecule has 6 heteroatoms. The molecular formula is C21H31ClN2O3. The fourth-order valence-electron chi connectivity index (χ4n) is 5.33. The van der Waals surface area contributed by atoms with Crippen LogP contribution in [0.3, 0.4) is 0 Å². The summed E-state index contributed by atoms with van der Waals surface area (Å²) in [4.78, 5) is 4.74. The summed E-state index contributed by atoms with van der Waals surface area (Å²) < 4.78 is 11.9. The average Bonchev–Trinajstić information content (AvgIpc) is 2.93. The van der Waals surface area contributed by atoms with E-state index >= 15 is 0 Å². The number of halogens is 1. The van der Waals surface area contributed by atoms with Crippen LogP contribution in [0, 0.1) is 5.92 Å². The third kappa shape index (κ3) is 3.49. The highest BCUT2D eigenvalue weighted by Crippen LogP contribution is 2.48. The summed E-state index contributed by atoms with van der Waals surface area (Å²) >= 11 is 6.37. The number of benzene rings is 1. The van der Waals surface area contributed by atoms with Crippen LogP contribution in [0.15, 0.2) is 24.3 Å². The number of piperazine rings is 1. The van der Waals surface area contributed by atoms with Crippen LogP contribution in [0.4, 0.5) is 5.69 Å². The second-order valence-corrected chi connectivity index (χ2v) is 9.28. The Morgan fingerprint density at radius 1 is 1.19 bits per heavy atom. The van der Waals surface area contributed by atoms with Crippen molar-refractivity contribution in [2.75, 3.05) is 44.8 Å². The fraction of sp³-hybridized carbons (Fsp3) is 0.714. The van der Waals surface area contributed by atoms with Crippen LogP contribution >= 0.6 is 11.6 Å². The van der Waals surface area contributed by atoms with Crippen molar-refractivity contribution in [1.82, 2.24) is 4.90 Å². The minimum absolute atomic E-state index is 0.0167. The number of hydrogen-bond donors (Lipinski definition) is 1. The summed E-state index contributed by atoms with van der Waals surface area (Å²) in [7, 11) is 1.77. The van der Waals surface area contributed by atoms with Gasteiger partial charge in [0.05, 0.1) is 35.1 Å². The lowest BCUT2D eigenvalue weighted by molar-refractivity contribution is -0.198. The van der Waals surface area contributed by atoms with E-state index in [9.17, 15) is 5.11 Å². The molecule has 2 saturated heterocycles. The van der Waals surface area contributed by atoms with Gasteiger partial charge in [-0.15, -0.1) is 0 Å². The highest BCUT2D eigenvalue weighted by Gasteiger charge is 2.60. The number of methoxy groups -OCH3 is 1. The van der Waals surface area contributed by atoms with E-state index in [1.54, 1.807) is 7.11 Å². The van der Waals surface area contributed by atoms with Gasteiger partial charge >= 0.3 is 0 Å². The van der Waals surface area contributed by atoms with Gasteiger partial charge in [-0.2, -0.15) is 0 Å². The predicted molar refractivity (Wildman–Crippen MR) is 108 cm³/mol. The molecule has 0 radical (unpaired) electrons. The standard InChI is InChI=1S/C21H31ClN2O3/c1-20(2)13-15-12-18(26-3)19(21(15,25)14-27-20)24-10-8-23(9-11-24)17-7-5-4-6-16(17)22/h4-7,15,18-19,25H,8-14H2,1-3H3/t15-,18-,19+,21+/m1/s1. The lowest BCUT2D eigenvalue weighted by atomic mass is 9.78. The highest BCUT2D eigenvalue weighted by molar-refractivity contribution is 6.33. The Kier molecular flexibility index (Phi) is 5.19. The number of hydrogen-bond acceptors (Lipinski definition) is 5. The van der Waals surface area contributed by atoms with Crippen molar-refractivity contribution in [2.45, 2.75) is 50.0 Å². The topological polar surface area (TPSA) is 45.2 Å². The Hall–Kier alpha value is -0.850. The number of fused-ring (bicyclic) bond motifs is 1. The maximum atomic E-state index is 11.6. The molecule has 2 heterocycles. The van der Waals surface area contributed by atoms with Crippen molar-refractivity contribution in [1.29, 1.82) is 0 Å². The van der Waals surface area contributed by atoms with Gasteiger partial charge in [0.2, 0.25) is 0 Å². The fourth-order valence-corrected chi connectivity index (χ4v) is 5.58. The van der Waals surface area contributed by atoms with Crippen LogP contribution in [-0.4, -0.2) is 73.3 Å². The van der Waals surface area contributed by atoms with Crippen molar-refractivity contribution in [3.05, 3.63) is 29.3 Å². The summed E-state index contributed by atoms with van der Waals surface area (Å²) in [6.45, 7) is 8.17. The van der Waals surface area contributed by atoms with Gasteiger partial charge in [0.25, 0.3) is 0 Å². The molecular weight excluding hydrogens is 364 g/mol. The summed E-state index contributed by atoms with van der Waals surface area (Å²) in [6, 6.07) is 7.99. The molecule has 150 valence electrons. The van der Waals surface area contributed by atoms with Crippen molar-refractivity contribution >= 4 is 17.3 Å². The molecule has 4 atom stereocenters. The first-order valence-corrected chi connectivity index (χ1v) is 10.3. The summed E-state index contributed by atoms with van der Waals surface area (Å²) in [6.07, 6.45) is 1.82. The van der Waals surface area contributed by atoms with Crippen molar-refractivity contribution in [2.24, 2.45) is 5.92 Å². The maximum Gasteiger partial charge on any atom is 0.109 e. The Morgan fingerprint density at radius 2 is 1.89 bits per heavy atom. The van der Waals surface area contributed by atoms with Crippen molar-refractivity contribution in [3.63, 3.8) is 0 Å². The largest absolute Gasteiger partial charge is 0.385 e. The molecule has 0 unspecified atom stereocenters. The third-order valence-corrected chi connectivity index (χ3v) is 7.04. The van der Waals surface area contributed by atoms with Crippen LogP contribution in [0.5, 0.6) is 0 Å². The molecule has 1 aliphatic carbocycles. The van der Waals surface area contributed by atoms with E-state index in [0.29, 0.717) is 6.61 Å². The predicted octanol–water partition coefficient (Wildman–Crippen LogP) is 2.80. The van der Waals surface area contributed by atoms with Gasteiger partial charge in [-0.1, -0.05) is 23.7 Å². The summed E-state index contributed by atoms with van der Waals surface area (Å²) in [5.74, 6) is 0.220. The van der Waals surface area contributed by atoms with Crippen LogP contribution in [0.1, 0.15) is 26.7 Å². The zero-order valence-electron chi connectivity index (χ0n) is 16.5. The van der Waals surface area contributed by atoms with E-state index in [4.69, 9.17) is 21.1 Å². The van der Waals surface area contributed by atoms with Gasteiger partial charge in [0.15, 0.2) is 0 Å². The van der Waals surface area contributed by atoms with E-state index in [0.717, 1.165) is 49.7 Å². The molecule has 0 amide bonds. The smallest absolute Gasteiger partial charge is 0.109 e. The van der Waals surface area contributed by atoms with Crippen molar-refractivity contribution < 1.29 is 14.6 Å². The molecule has 4 rings (SSSR count). The minimum atomic E-state index is -0.831. The molecule has 1 N–H and O–H groups in total. The zero-order chi connectivity index (χ0) is 19.2. The molecule has 27 heavy (non-hydrogen) atoms. The van der Waals surface area contributed by atoms with Crippen LogP contribution in [-0.2, 0) is 9.47 Å². The second-order valence-electron chi connectivity index (χ2n) is 8.87. The molecule has 3 fully saturated rings. The monoisotopic (exact) mass is 394 g/mol. The summed E-state index contributed by atoms with van der Waals surface area (Å²) in [5.41, 5.74) is 0.0862. The minimum Gasteiger partial charge on any atom is -0.385 e. The highest BCUT2D eigenvalue weighted by atomic mass is 35.5. The van der Waals surface area contributed by atoms with Gasteiger partial charge in [-0.05, 0) is 44.7 Å². The SMILES string of the molecule is CO[C@@H]1C[C@@H]2CC(C)(C)OC[C@@]2(O)[C@H]1N1CCN(c2ccccc2Cl)CC1. The Bertz CT molecular complexity index is 677. The lowest BCUT2D eigenvalue weighted by Crippen LogP contribution is -2.64. The number of rotatable bonds is 3. The first-order valence-electron chi connectivity index (χ1n) is 9.97. The Labute approximate surface area is 167 Å². The van der Waals surface area contributed by atoms with Crippen molar-refractivity contribution in [3.8, 4) is 0 Å². The number of nitrogens with zero attached hydrogens (tertiary/aromatic N) is 2. The number of para-hydroxylation sites is 1. The normalized spacial score (nSPS) is 36.6. The molecule has 1 aromatic carbocycles. The first-order chi connectivity index (χ1) is 12.8. The van der Waals surface area contributed by atoms with Gasteiger partial charge in [0, 0.05) is 33.3 Å². The zero-order valence-corrected chi connectivity index (χ0v) is 17.3. The van der Waals surface area contributed by atoms with E-state index in [-0.39, 0.29) is 23.7 Å². The van der Waals surface area contributed by atoms with Crippen LogP contribution in [0.2, 0.25) is 5.02 Å². The number of ether oxygens (including phenoxy) is 2. The number of aliphatic hydroxyl groups is 1. The van der Waals surface area contributed by atoms with E-state index in [1.807, 2.05) is 18.2 Å². The van der Waals surface area contributed by atoms with Crippen LogP contribution in [0.25, 0.3) is 0 Å². The molecule has 5 nitrogen and oxygen atoms in total. The Balaban J connectivity index is 1.49. The van der Waals surface area contributed by atoms with E-state index in [2.05, 4.69) is 29.7 Å². The van der Waals surface area contributed by atoms with E-state index in [1.165, 1.54) is 0 Å². The van der Waals surface area contributed by atoms with Gasteiger partial charge < -0.3 is 19.5 Å². The second kappa shape index (κ2) is 7.20. The molecule has 0 spiro atoms. The molecule has 3 aliphatic rings. The van der Waals surface area contributed by atoms with E-state index < -0.39 is 5.60 Å². The van der Waals surface area contributed by atoms with Gasteiger partial charge in [0.1, 0.15) is 5.60 Å². The molecule has 0 bridgehead atoms. The molecule has 1 aromatic rings. The molecule has 1 saturated carbocycles. The first kappa shape index (κ1) is 19.5. The lowest BCUT2D eigenvalue weighted by Gasteiger charge is -2.49. The van der Waals surface area contributed by atoms with Gasteiger partial charge in [-0.25, -0.2) is 0 Å². The number of anilines is 1. The summed E-state index contributed by atoms with van der Waals surface area (Å²) in [5, 5.41) is 12.4. The van der Waals surface area contributed by atoms with Gasteiger partial charge in [-0.3, -0.25) is 4.90 Å².